The number of nitrogens with two attached hydrogens (primary N) is 1. The van der Waals surface area contributed by atoms with Gasteiger partial charge in [0.2, 0.25) is 5.91 Å². The summed E-state index contributed by atoms with van der Waals surface area (Å²) in [5.74, 6) is -0.317. The van der Waals surface area contributed by atoms with Crippen LogP contribution in [0.2, 0.25) is 0 Å². The molecule has 0 radical (unpaired) electrons. The second kappa shape index (κ2) is 5.11. The first kappa shape index (κ1) is 13.1. The molecule has 0 aromatic carbocycles. The number of H-pyrrole nitrogens is 1. The highest BCUT2D eigenvalue weighted by atomic mass is 32.2. The lowest BCUT2D eigenvalue weighted by Gasteiger charge is -2.24. The Morgan fingerprint density at radius 3 is 3.06 bits per heavy atom. The predicted octanol–water partition coefficient (Wildman–Crippen LogP) is -0.142. The van der Waals surface area contributed by atoms with Crippen molar-refractivity contribution in [2.45, 2.75) is 35.2 Å². The van der Waals surface area contributed by atoms with Gasteiger partial charge in [0.05, 0.1) is 5.54 Å². The van der Waals surface area contributed by atoms with Gasteiger partial charge in [-0.15, -0.1) is 0 Å². The van der Waals surface area contributed by atoms with E-state index in [0.717, 1.165) is 6.42 Å². The van der Waals surface area contributed by atoms with Crippen LogP contribution >= 0.6 is 11.8 Å². The van der Waals surface area contributed by atoms with Crippen molar-refractivity contribution in [3.05, 3.63) is 22.6 Å². The van der Waals surface area contributed by atoms with Gasteiger partial charge in [0.25, 0.3) is 5.56 Å². The number of carbonyl (C=O) groups excluding carboxylic acids is 1. The van der Waals surface area contributed by atoms with Crippen LogP contribution in [0.5, 0.6) is 0 Å². The van der Waals surface area contributed by atoms with Crippen LogP contribution in [-0.2, 0) is 4.79 Å². The van der Waals surface area contributed by atoms with E-state index in [1.807, 2.05) is 0 Å². The molecule has 1 amide bonds. The Morgan fingerprint density at radius 1 is 1.72 bits per heavy atom. The van der Waals surface area contributed by atoms with E-state index in [0.29, 0.717) is 18.0 Å². The fourth-order valence-corrected chi connectivity index (χ4v) is 3.45. The molecular formula is C11H16N4O2S. The van der Waals surface area contributed by atoms with Gasteiger partial charge in [-0.25, -0.2) is 4.98 Å². The fourth-order valence-electron chi connectivity index (χ4n) is 2.24. The quantitative estimate of drug-likeness (QED) is 0.660. The molecule has 0 aliphatic heterocycles. The van der Waals surface area contributed by atoms with Gasteiger partial charge in [-0.3, -0.25) is 9.59 Å². The first-order chi connectivity index (χ1) is 8.55. The molecule has 0 bridgehead atoms. The molecule has 6 nitrogen and oxygen atoms in total. The van der Waals surface area contributed by atoms with Gasteiger partial charge in [-0.1, -0.05) is 11.8 Å². The molecule has 1 aromatic rings. The predicted molar refractivity (Wildman–Crippen MR) is 69.3 cm³/mol. The van der Waals surface area contributed by atoms with Crippen LogP contribution in [0, 0.1) is 0 Å². The highest BCUT2D eigenvalue weighted by Crippen LogP contribution is 2.38. The Balaban J connectivity index is 2.06. The van der Waals surface area contributed by atoms with E-state index >= 15 is 0 Å². The second-order valence-electron chi connectivity index (χ2n) is 4.42. The summed E-state index contributed by atoms with van der Waals surface area (Å²) in [6.07, 6.45) is 3.72. The summed E-state index contributed by atoms with van der Waals surface area (Å²) < 4.78 is 0. The number of rotatable bonds is 4. The molecule has 4 N–H and O–H groups in total. The summed E-state index contributed by atoms with van der Waals surface area (Å²) in [5.41, 5.74) is 4.65. The molecule has 1 aliphatic rings. The number of thioether (sulfide) groups is 1. The molecule has 18 heavy (non-hydrogen) atoms. The minimum Gasteiger partial charge on any atom is -0.368 e. The van der Waals surface area contributed by atoms with E-state index in [1.54, 1.807) is 7.05 Å². The molecule has 1 saturated carbocycles. The summed E-state index contributed by atoms with van der Waals surface area (Å²) in [6, 6.07) is 1.38. The molecular weight excluding hydrogens is 252 g/mol. The van der Waals surface area contributed by atoms with Crippen LogP contribution < -0.4 is 16.6 Å². The Morgan fingerprint density at radius 2 is 2.50 bits per heavy atom. The highest BCUT2D eigenvalue weighted by Gasteiger charge is 2.43. The fraction of sp³-hybridized carbons (Fsp3) is 0.545. The maximum Gasteiger partial charge on any atom is 0.251 e. The van der Waals surface area contributed by atoms with Crippen molar-refractivity contribution < 1.29 is 4.79 Å². The van der Waals surface area contributed by atoms with E-state index in [9.17, 15) is 9.59 Å². The number of nitrogens with zero attached hydrogens (tertiary/aromatic N) is 1. The lowest BCUT2D eigenvalue weighted by molar-refractivity contribution is -0.124. The summed E-state index contributed by atoms with van der Waals surface area (Å²) in [7, 11) is 1.75. The monoisotopic (exact) mass is 268 g/mol. The van der Waals surface area contributed by atoms with Crippen molar-refractivity contribution >= 4 is 17.7 Å². The Hall–Kier alpha value is -1.34. The minimum absolute atomic E-state index is 0.166. The molecule has 0 spiro atoms. The standard InChI is InChI=1S/C11H16N4O2S/c1-13-11(9(12)17)4-2-7(6-11)18-10-14-5-3-8(16)15-10/h3,5,7,13H,2,4,6H2,1H3,(H2,12,17)(H,14,15,16). The summed E-state index contributed by atoms with van der Waals surface area (Å²) in [6.45, 7) is 0. The van der Waals surface area contributed by atoms with Gasteiger partial charge < -0.3 is 16.0 Å². The van der Waals surface area contributed by atoms with Crippen LogP contribution in [0.25, 0.3) is 0 Å². The number of likely N-dealkylation sites (N-methyl/N-ethyl adjacent to an activating group) is 1. The number of hydrogen-bond donors (Lipinski definition) is 3. The molecule has 1 heterocycles. The van der Waals surface area contributed by atoms with Crippen molar-refractivity contribution in [2.24, 2.45) is 5.73 Å². The summed E-state index contributed by atoms with van der Waals surface area (Å²) in [5, 5.41) is 3.84. The molecule has 98 valence electrons. The van der Waals surface area contributed by atoms with Gasteiger partial charge in [0, 0.05) is 17.5 Å². The zero-order valence-electron chi connectivity index (χ0n) is 10.1. The second-order valence-corrected chi connectivity index (χ2v) is 5.71. The van der Waals surface area contributed by atoms with Crippen LogP contribution in [0.3, 0.4) is 0 Å². The maximum absolute atomic E-state index is 11.5. The smallest absolute Gasteiger partial charge is 0.251 e. The van der Waals surface area contributed by atoms with E-state index < -0.39 is 5.54 Å². The molecule has 1 aliphatic carbocycles. The van der Waals surface area contributed by atoms with Gasteiger partial charge in [0.1, 0.15) is 0 Å². The van der Waals surface area contributed by atoms with Gasteiger partial charge in [0.15, 0.2) is 5.16 Å². The number of aromatic amines is 1. The van der Waals surface area contributed by atoms with Gasteiger partial charge >= 0.3 is 0 Å². The van der Waals surface area contributed by atoms with Crippen LogP contribution in [-0.4, -0.2) is 33.7 Å². The number of primary amides is 1. The van der Waals surface area contributed by atoms with E-state index in [-0.39, 0.29) is 16.7 Å². The highest BCUT2D eigenvalue weighted by molar-refractivity contribution is 7.99. The normalized spacial score (nSPS) is 27.3. The van der Waals surface area contributed by atoms with Crippen LogP contribution in [0.4, 0.5) is 0 Å². The SMILES string of the molecule is CNC1(C(N)=O)CCC(Sc2nccc(=O)[nH]2)C1. The molecule has 2 rings (SSSR count). The van der Waals surface area contributed by atoms with Crippen molar-refractivity contribution in [1.82, 2.24) is 15.3 Å². The molecule has 7 heteroatoms. The van der Waals surface area contributed by atoms with Crippen molar-refractivity contribution in [3.8, 4) is 0 Å². The molecule has 1 aromatic heterocycles. The first-order valence-corrected chi connectivity index (χ1v) is 6.64. The average molecular weight is 268 g/mol. The third kappa shape index (κ3) is 2.56. The average Bonchev–Trinajstić information content (AvgIpc) is 2.74. The van der Waals surface area contributed by atoms with Crippen LogP contribution in [0.1, 0.15) is 19.3 Å². The van der Waals surface area contributed by atoms with Crippen molar-refractivity contribution in [2.75, 3.05) is 7.05 Å². The summed E-state index contributed by atoms with van der Waals surface area (Å²) in [4.78, 5) is 29.4. The number of hydrogen-bond acceptors (Lipinski definition) is 5. The van der Waals surface area contributed by atoms with E-state index in [1.165, 1.54) is 24.0 Å². The minimum atomic E-state index is -0.618. The zero-order valence-corrected chi connectivity index (χ0v) is 10.9. The summed E-state index contributed by atoms with van der Waals surface area (Å²) >= 11 is 1.49. The number of aromatic nitrogens is 2. The van der Waals surface area contributed by atoms with Gasteiger partial charge in [-0.2, -0.15) is 0 Å². The Labute approximate surface area is 109 Å². The van der Waals surface area contributed by atoms with E-state index in [4.69, 9.17) is 5.73 Å². The number of amides is 1. The zero-order chi connectivity index (χ0) is 13.2. The van der Waals surface area contributed by atoms with Crippen molar-refractivity contribution in [3.63, 3.8) is 0 Å². The number of carbonyl (C=O) groups is 1. The molecule has 2 unspecified atom stereocenters. The largest absolute Gasteiger partial charge is 0.368 e. The Bertz CT molecular complexity index is 504. The number of nitrogens with one attached hydrogen (secondary N) is 2. The third-order valence-corrected chi connectivity index (χ3v) is 4.51. The molecule has 0 saturated heterocycles. The maximum atomic E-state index is 11.5. The van der Waals surface area contributed by atoms with Gasteiger partial charge in [-0.05, 0) is 26.3 Å². The third-order valence-electron chi connectivity index (χ3n) is 3.35. The topological polar surface area (TPSA) is 101 Å². The lowest BCUT2D eigenvalue weighted by Crippen LogP contribution is -2.52. The molecule has 1 fully saturated rings. The van der Waals surface area contributed by atoms with Crippen molar-refractivity contribution in [1.29, 1.82) is 0 Å². The first-order valence-electron chi connectivity index (χ1n) is 5.76. The van der Waals surface area contributed by atoms with E-state index in [2.05, 4.69) is 15.3 Å². The Kier molecular flexibility index (Phi) is 3.72. The molecule has 2 atom stereocenters. The van der Waals surface area contributed by atoms with Crippen LogP contribution in [0.15, 0.2) is 22.2 Å². The lowest BCUT2D eigenvalue weighted by atomic mass is 9.97.